The number of unbranched alkanes of at least 4 members (excludes halogenated alkanes) is 3. The van der Waals surface area contributed by atoms with Gasteiger partial charge in [0.15, 0.2) is 0 Å². The van der Waals surface area contributed by atoms with Crippen molar-refractivity contribution >= 4 is 7.32 Å². The maximum Gasteiger partial charge on any atom is 1.00 e. The Morgan fingerprint density at radius 2 is 0.941 bits per heavy atom. The first-order valence-electron chi connectivity index (χ1n) is 6.85. The molecule has 0 N–H and O–H groups in total. The van der Waals surface area contributed by atoms with Gasteiger partial charge in [-0.2, -0.15) is 0 Å². The molecule has 0 aromatic carbocycles. The van der Waals surface area contributed by atoms with E-state index in [-0.39, 0.29) is 29.6 Å². The molecule has 0 saturated carbocycles. The molecule has 3 nitrogen and oxygen atoms in total. The maximum absolute atomic E-state index is 5.61. The summed E-state index contributed by atoms with van der Waals surface area (Å²) < 4.78 is 16.8. The zero-order valence-electron chi connectivity index (χ0n) is 12.3. The van der Waals surface area contributed by atoms with Crippen LogP contribution in [0.2, 0.25) is 0 Å². The predicted molar refractivity (Wildman–Crippen MR) is 69.7 cm³/mol. The van der Waals surface area contributed by atoms with Gasteiger partial charge in [-0.25, -0.2) is 0 Å². The Morgan fingerprint density at radius 3 is 1.18 bits per heavy atom. The molecule has 0 atom stereocenters. The van der Waals surface area contributed by atoms with Crippen molar-refractivity contribution in [3.05, 3.63) is 0 Å². The Morgan fingerprint density at radius 1 is 0.647 bits per heavy atom. The third-order valence-electron chi connectivity index (χ3n) is 2.43. The Hall–Kier alpha value is 0.945. The van der Waals surface area contributed by atoms with Crippen molar-refractivity contribution in [3.63, 3.8) is 0 Å². The molecule has 0 spiro atoms. The summed E-state index contributed by atoms with van der Waals surface area (Å²) in [5, 5.41) is 0. The fourth-order valence-corrected chi connectivity index (χ4v) is 1.27. The molecular weight excluding hydrogens is 226 g/mol. The summed E-state index contributed by atoms with van der Waals surface area (Å²) in [6, 6.07) is 0. The van der Waals surface area contributed by atoms with Crippen LogP contribution in [0.3, 0.4) is 0 Å². The second-order valence-electron chi connectivity index (χ2n) is 4.14. The molecule has 17 heavy (non-hydrogen) atoms. The van der Waals surface area contributed by atoms with Gasteiger partial charge in [-0.1, -0.05) is 40.0 Å². The summed E-state index contributed by atoms with van der Waals surface area (Å²) in [7, 11) is -1.28. The summed E-state index contributed by atoms with van der Waals surface area (Å²) in [6.45, 7) is 8.75. The summed E-state index contributed by atoms with van der Waals surface area (Å²) in [5.74, 6) is 0. The molecule has 5 heteroatoms. The molecule has 0 rings (SSSR count). The second kappa shape index (κ2) is 16.9. The van der Waals surface area contributed by atoms with E-state index in [0.29, 0.717) is 0 Å². The van der Waals surface area contributed by atoms with Gasteiger partial charge in [-0.05, 0) is 19.3 Å². The van der Waals surface area contributed by atoms with Crippen LogP contribution < -0.4 is 29.6 Å². The van der Waals surface area contributed by atoms with Crippen LogP contribution in [-0.2, 0) is 14.0 Å². The van der Waals surface area contributed by atoms with Gasteiger partial charge >= 0.3 is 36.9 Å². The van der Waals surface area contributed by atoms with Gasteiger partial charge in [0.25, 0.3) is 0 Å². The average Bonchev–Trinajstić information content (AvgIpc) is 2.29. The smallest absolute Gasteiger partial charge is 0.547 e. The summed E-state index contributed by atoms with van der Waals surface area (Å²) in [4.78, 5) is 0. The Kier molecular flexibility index (Phi) is 20.2. The molecule has 0 heterocycles. The van der Waals surface area contributed by atoms with Crippen LogP contribution in [0.15, 0.2) is 0 Å². The molecule has 0 aromatic rings. The largest absolute Gasteiger partial charge is 1.00 e. The minimum Gasteiger partial charge on any atom is -0.547 e. The third-order valence-corrected chi connectivity index (χ3v) is 2.43. The van der Waals surface area contributed by atoms with E-state index in [2.05, 4.69) is 20.8 Å². The van der Waals surface area contributed by atoms with Gasteiger partial charge in [0, 0.05) is 19.8 Å². The Balaban J connectivity index is 0. The Bertz CT molecular complexity index is 115. The van der Waals surface area contributed by atoms with Gasteiger partial charge in [0.05, 0.1) is 0 Å². The molecule has 0 radical (unpaired) electrons. The Labute approximate surface area is 129 Å². The van der Waals surface area contributed by atoms with E-state index in [1.165, 1.54) is 0 Å². The van der Waals surface area contributed by atoms with Crippen LogP contribution in [0, 0.1) is 0 Å². The SMILES string of the molecule is CCCCO[BH-](OCCCC)OCCCC.[Na+]. The molecule has 0 fully saturated rings. The summed E-state index contributed by atoms with van der Waals surface area (Å²) >= 11 is 0. The molecule has 0 saturated heterocycles. The van der Waals surface area contributed by atoms with Crippen molar-refractivity contribution in [2.24, 2.45) is 0 Å². The fourth-order valence-electron chi connectivity index (χ4n) is 1.27. The normalized spacial score (nSPS) is 10.6. The fraction of sp³-hybridized carbons (Fsp3) is 1.00. The standard InChI is InChI=1S/C12H28BO3.Na/c1-4-7-10-14-13(15-11-8-5-2)16-12-9-6-3;/h13H,4-12H2,1-3H3;/q-1;+1. The molecule has 0 aromatic heterocycles. The quantitative estimate of drug-likeness (QED) is 0.367. The molecule has 0 unspecified atom stereocenters. The van der Waals surface area contributed by atoms with Gasteiger partial charge in [0.1, 0.15) is 0 Å². The zero-order valence-corrected chi connectivity index (χ0v) is 14.3. The topological polar surface area (TPSA) is 27.7 Å². The van der Waals surface area contributed by atoms with E-state index >= 15 is 0 Å². The molecular formula is C12H28BNaO3. The van der Waals surface area contributed by atoms with E-state index in [0.717, 1.165) is 58.3 Å². The molecule has 0 bridgehead atoms. The van der Waals surface area contributed by atoms with E-state index in [4.69, 9.17) is 14.0 Å². The van der Waals surface area contributed by atoms with Crippen LogP contribution in [0.4, 0.5) is 0 Å². The monoisotopic (exact) mass is 254 g/mol. The van der Waals surface area contributed by atoms with Crippen molar-refractivity contribution in [1.82, 2.24) is 0 Å². The summed E-state index contributed by atoms with van der Waals surface area (Å²) in [6.07, 6.45) is 6.69. The minimum absolute atomic E-state index is 0. The van der Waals surface area contributed by atoms with Crippen LogP contribution in [0.5, 0.6) is 0 Å². The molecule has 98 valence electrons. The van der Waals surface area contributed by atoms with Crippen molar-refractivity contribution < 1.29 is 43.5 Å². The van der Waals surface area contributed by atoms with Crippen LogP contribution in [0.1, 0.15) is 59.3 Å². The van der Waals surface area contributed by atoms with E-state index in [9.17, 15) is 0 Å². The number of hydrogen-bond acceptors (Lipinski definition) is 3. The first-order chi connectivity index (χ1) is 7.85. The van der Waals surface area contributed by atoms with Crippen LogP contribution in [0.25, 0.3) is 0 Å². The van der Waals surface area contributed by atoms with E-state index in [1.807, 2.05) is 0 Å². The first-order valence-corrected chi connectivity index (χ1v) is 6.85. The van der Waals surface area contributed by atoms with Crippen molar-refractivity contribution in [2.75, 3.05) is 19.8 Å². The van der Waals surface area contributed by atoms with Crippen LogP contribution in [-0.4, -0.2) is 27.1 Å². The zero-order chi connectivity index (χ0) is 12.1. The predicted octanol–water partition coefficient (Wildman–Crippen LogP) is 0.158. The van der Waals surface area contributed by atoms with Gasteiger partial charge in [-0.15, -0.1) is 0 Å². The number of rotatable bonds is 12. The van der Waals surface area contributed by atoms with Gasteiger partial charge < -0.3 is 14.0 Å². The van der Waals surface area contributed by atoms with Crippen LogP contribution >= 0.6 is 0 Å². The van der Waals surface area contributed by atoms with Crippen molar-refractivity contribution in [2.45, 2.75) is 59.3 Å². The molecule has 0 aliphatic heterocycles. The van der Waals surface area contributed by atoms with Crippen molar-refractivity contribution in [1.29, 1.82) is 0 Å². The average molecular weight is 254 g/mol. The molecule has 0 amide bonds. The number of hydrogen-bond donors (Lipinski definition) is 0. The summed E-state index contributed by atoms with van der Waals surface area (Å²) in [5.41, 5.74) is 0. The molecule has 0 aliphatic carbocycles. The first kappa shape index (κ1) is 20.3. The van der Waals surface area contributed by atoms with Gasteiger partial charge in [-0.3, -0.25) is 0 Å². The van der Waals surface area contributed by atoms with Crippen molar-refractivity contribution in [3.8, 4) is 0 Å². The van der Waals surface area contributed by atoms with E-state index in [1.54, 1.807) is 0 Å². The van der Waals surface area contributed by atoms with Gasteiger partial charge in [0.2, 0.25) is 0 Å². The maximum atomic E-state index is 5.61. The minimum atomic E-state index is -1.28. The van der Waals surface area contributed by atoms with E-state index < -0.39 is 7.32 Å². The third kappa shape index (κ3) is 14.9. The second-order valence-corrected chi connectivity index (χ2v) is 4.14. The molecule has 0 aliphatic rings.